The summed E-state index contributed by atoms with van der Waals surface area (Å²) in [6, 6.07) is 0. The number of hydrogen-bond donors (Lipinski definition) is 2. The molecule has 17 heavy (non-hydrogen) atoms. The lowest BCUT2D eigenvalue weighted by atomic mass is 10.4. The van der Waals surface area contributed by atoms with Crippen molar-refractivity contribution < 1.29 is 5.21 Å². The van der Waals surface area contributed by atoms with Gasteiger partial charge in [-0.2, -0.15) is 0 Å². The zero-order valence-corrected chi connectivity index (χ0v) is 10.4. The van der Waals surface area contributed by atoms with Crippen LogP contribution in [0.15, 0.2) is 26.9 Å². The topological polar surface area (TPSA) is 110 Å². The first-order valence-corrected chi connectivity index (χ1v) is 6.11. The average molecular weight is 268 g/mol. The Morgan fingerprint density at radius 3 is 2.82 bits per heavy atom. The molecule has 88 valence electrons. The Balaban J connectivity index is 2.32. The van der Waals surface area contributed by atoms with E-state index in [9.17, 15) is 0 Å². The highest BCUT2D eigenvalue weighted by Gasteiger charge is 2.13. The van der Waals surface area contributed by atoms with E-state index in [-0.39, 0.29) is 5.84 Å². The lowest BCUT2D eigenvalue weighted by Crippen LogP contribution is -2.16. The number of aryl methyl sites for hydroxylation is 1. The van der Waals surface area contributed by atoms with E-state index < -0.39 is 0 Å². The minimum absolute atomic E-state index is 0.0816. The fourth-order valence-corrected chi connectivity index (χ4v) is 2.82. The smallest absolute Gasteiger partial charge is 0.191 e. The lowest BCUT2D eigenvalue weighted by molar-refractivity contribution is 0.318. The molecule has 0 amide bonds. The first-order valence-electron chi connectivity index (χ1n) is 4.47. The fourth-order valence-electron chi connectivity index (χ4n) is 1.03. The van der Waals surface area contributed by atoms with Crippen LogP contribution in [0, 0.1) is 6.92 Å². The molecule has 0 saturated carbocycles. The van der Waals surface area contributed by atoms with Gasteiger partial charge < -0.3 is 10.9 Å². The van der Waals surface area contributed by atoms with E-state index in [2.05, 4.69) is 25.3 Å². The summed E-state index contributed by atoms with van der Waals surface area (Å²) in [7, 11) is 0. The number of nitrogens with zero attached hydrogens (tertiary/aromatic N) is 5. The summed E-state index contributed by atoms with van der Waals surface area (Å²) >= 11 is 2.72. The second-order valence-corrected chi connectivity index (χ2v) is 5.30. The third kappa shape index (κ3) is 2.68. The van der Waals surface area contributed by atoms with Gasteiger partial charge in [-0.05, 0) is 18.7 Å². The Kier molecular flexibility index (Phi) is 3.49. The molecule has 0 aliphatic rings. The van der Waals surface area contributed by atoms with Gasteiger partial charge in [0.2, 0.25) is 0 Å². The van der Waals surface area contributed by atoms with E-state index in [1.165, 1.54) is 35.5 Å². The van der Waals surface area contributed by atoms with E-state index in [0.717, 1.165) is 9.35 Å². The second kappa shape index (κ2) is 5.06. The van der Waals surface area contributed by atoms with Crippen LogP contribution in [0.5, 0.6) is 0 Å². The highest BCUT2D eigenvalue weighted by atomic mass is 32.2. The van der Waals surface area contributed by atoms with Crippen LogP contribution in [0.2, 0.25) is 0 Å². The van der Waals surface area contributed by atoms with Gasteiger partial charge in [-0.15, -0.1) is 10.2 Å². The first kappa shape index (κ1) is 11.7. The molecular formula is C8H8N6OS2. The maximum Gasteiger partial charge on any atom is 0.191 e. The highest BCUT2D eigenvalue weighted by molar-refractivity contribution is 8.01. The molecule has 0 bridgehead atoms. The van der Waals surface area contributed by atoms with Gasteiger partial charge in [-0.3, -0.25) is 0 Å². The molecule has 2 aromatic heterocycles. The Labute approximate surface area is 105 Å². The van der Waals surface area contributed by atoms with E-state index in [1.54, 1.807) is 0 Å². The molecule has 2 aromatic rings. The van der Waals surface area contributed by atoms with E-state index >= 15 is 0 Å². The quantitative estimate of drug-likeness (QED) is 0.368. The number of hydrogen-bond acceptors (Lipinski definition) is 8. The molecule has 0 fully saturated rings. The van der Waals surface area contributed by atoms with Gasteiger partial charge in [0.25, 0.3) is 0 Å². The van der Waals surface area contributed by atoms with Gasteiger partial charge in [-0.25, -0.2) is 9.97 Å². The largest absolute Gasteiger partial charge is 0.409 e. The highest BCUT2D eigenvalue weighted by Crippen LogP contribution is 2.29. The van der Waals surface area contributed by atoms with Crippen molar-refractivity contribution in [3.63, 3.8) is 0 Å². The summed E-state index contributed by atoms with van der Waals surface area (Å²) in [4.78, 5) is 8.13. The van der Waals surface area contributed by atoms with Crippen LogP contribution < -0.4 is 5.73 Å². The molecule has 2 heterocycles. The first-order chi connectivity index (χ1) is 8.20. The van der Waals surface area contributed by atoms with Gasteiger partial charge in [0, 0.05) is 12.4 Å². The SMILES string of the molecule is Cc1nnc(Sc2nccnc2/C(N)=N/O)s1. The van der Waals surface area contributed by atoms with Crippen LogP contribution in [0.25, 0.3) is 0 Å². The van der Waals surface area contributed by atoms with Crippen molar-refractivity contribution in [2.75, 3.05) is 0 Å². The maximum absolute atomic E-state index is 8.64. The minimum atomic E-state index is -0.0816. The molecular weight excluding hydrogens is 260 g/mol. The van der Waals surface area contributed by atoms with E-state index in [1.807, 2.05) is 6.92 Å². The van der Waals surface area contributed by atoms with Gasteiger partial charge >= 0.3 is 0 Å². The van der Waals surface area contributed by atoms with Crippen LogP contribution in [-0.2, 0) is 0 Å². The van der Waals surface area contributed by atoms with Crippen LogP contribution in [0.1, 0.15) is 10.7 Å². The fraction of sp³-hybridized carbons (Fsp3) is 0.125. The molecule has 0 radical (unpaired) electrons. The Morgan fingerprint density at radius 2 is 2.18 bits per heavy atom. The summed E-state index contributed by atoms with van der Waals surface area (Å²) in [5.41, 5.74) is 5.83. The second-order valence-electron chi connectivity index (χ2n) is 2.88. The number of oxime groups is 1. The average Bonchev–Trinajstić information content (AvgIpc) is 2.74. The Hall–Kier alpha value is -1.74. The van der Waals surface area contributed by atoms with Gasteiger partial charge in [0.15, 0.2) is 10.2 Å². The van der Waals surface area contributed by atoms with Crippen molar-refractivity contribution >= 4 is 28.9 Å². The molecule has 0 saturated heterocycles. The monoisotopic (exact) mass is 268 g/mol. The van der Waals surface area contributed by atoms with Crippen LogP contribution in [0.3, 0.4) is 0 Å². The molecule has 2 rings (SSSR count). The number of rotatable bonds is 3. The summed E-state index contributed by atoms with van der Waals surface area (Å²) in [6.45, 7) is 1.86. The minimum Gasteiger partial charge on any atom is -0.409 e. The van der Waals surface area contributed by atoms with E-state index in [0.29, 0.717) is 10.7 Å². The molecule has 0 unspecified atom stereocenters. The predicted molar refractivity (Wildman–Crippen MR) is 63.3 cm³/mol. The molecule has 0 aliphatic carbocycles. The number of nitrogens with two attached hydrogens (primary N) is 1. The lowest BCUT2D eigenvalue weighted by Gasteiger charge is -2.02. The van der Waals surface area contributed by atoms with Crippen molar-refractivity contribution in [2.45, 2.75) is 16.3 Å². The van der Waals surface area contributed by atoms with Gasteiger partial charge in [0.05, 0.1) is 0 Å². The molecule has 0 aliphatic heterocycles. The number of amidine groups is 1. The van der Waals surface area contributed by atoms with Gasteiger partial charge in [-0.1, -0.05) is 16.5 Å². The Bertz CT molecular complexity index is 554. The summed E-state index contributed by atoms with van der Waals surface area (Å²) in [5.74, 6) is -0.0816. The predicted octanol–water partition coefficient (Wildman–Crippen LogP) is 0.882. The molecule has 0 aromatic carbocycles. The van der Waals surface area contributed by atoms with Crippen molar-refractivity contribution in [3.05, 3.63) is 23.1 Å². The standard InChI is InChI=1S/C8H8N6OS2/c1-4-12-13-8(16-4)17-7-5(6(9)14-15)10-2-3-11-7/h2-3,15H,1H3,(H2,9,14). The molecule has 9 heteroatoms. The van der Waals surface area contributed by atoms with Gasteiger partial charge in [0.1, 0.15) is 15.7 Å². The van der Waals surface area contributed by atoms with Crippen LogP contribution in [0.4, 0.5) is 0 Å². The third-order valence-electron chi connectivity index (χ3n) is 1.71. The molecule has 0 atom stereocenters. The molecule has 7 nitrogen and oxygen atoms in total. The van der Waals surface area contributed by atoms with E-state index in [4.69, 9.17) is 10.9 Å². The van der Waals surface area contributed by atoms with Crippen molar-refractivity contribution in [1.82, 2.24) is 20.2 Å². The van der Waals surface area contributed by atoms with Crippen LogP contribution >= 0.6 is 23.1 Å². The van der Waals surface area contributed by atoms with Crippen molar-refractivity contribution in [1.29, 1.82) is 0 Å². The summed E-state index contributed by atoms with van der Waals surface area (Å²) in [6.07, 6.45) is 3.01. The molecule has 0 spiro atoms. The zero-order chi connectivity index (χ0) is 12.3. The summed E-state index contributed by atoms with van der Waals surface area (Å²) in [5, 5.41) is 20.8. The van der Waals surface area contributed by atoms with Crippen LogP contribution in [-0.4, -0.2) is 31.2 Å². The van der Waals surface area contributed by atoms with Crippen molar-refractivity contribution in [2.24, 2.45) is 10.9 Å². The number of aromatic nitrogens is 4. The van der Waals surface area contributed by atoms with Crippen molar-refractivity contribution in [3.8, 4) is 0 Å². The normalized spacial score (nSPS) is 11.7. The zero-order valence-electron chi connectivity index (χ0n) is 8.73. The summed E-state index contributed by atoms with van der Waals surface area (Å²) < 4.78 is 0.731. The Morgan fingerprint density at radius 1 is 1.41 bits per heavy atom. The third-order valence-corrected chi connectivity index (χ3v) is 3.59. The molecule has 3 N–H and O–H groups in total. The maximum atomic E-state index is 8.64.